The fraction of sp³-hybridized carbons (Fsp3) is 0.917. The van der Waals surface area contributed by atoms with E-state index in [0.29, 0.717) is 12.5 Å². The van der Waals surface area contributed by atoms with Crippen molar-refractivity contribution < 1.29 is 14.6 Å². The van der Waals surface area contributed by atoms with Gasteiger partial charge >= 0.3 is 5.97 Å². The van der Waals surface area contributed by atoms with E-state index < -0.39 is 0 Å². The number of hydrogen-bond acceptors (Lipinski definition) is 3. The molecular weight excluding hydrogens is 192 g/mol. The van der Waals surface area contributed by atoms with E-state index in [1.54, 1.807) is 0 Å². The maximum absolute atomic E-state index is 10.8. The van der Waals surface area contributed by atoms with Gasteiger partial charge in [-0.25, -0.2) is 0 Å². The molecule has 88 valence electrons. The maximum atomic E-state index is 10.8. The van der Waals surface area contributed by atoms with E-state index in [1.165, 1.54) is 6.92 Å². The molecule has 1 aliphatic rings. The maximum Gasteiger partial charge on any atom is 0.302 e. The Morgan fingerprint density at radius 3 is 2.60 bits per heavy atom. The summed E-state index contributed by atoms with van der Waals surface area (Å²) < 4.78 is 5.09. The van der Waals surface area contributed by atoms with Crippen LogP contribution >= 0.6 is 0 Å². The summed E-state index contributed by atoms with van der Waals surface area (Å²) in [6, 6.07) is 0. The second-order valence-electron chi connectivity index (χ2n) is 5.30. The second-order valence-corrected chi connectivity index (χ2v) is 5.30. The monoisotopic (exact) mass is 214 g/mol. The molecule has 0 amide bonds. The zero-order valence-electron chi connectivity index (χ0n) is 10.1. The molecule has 0 aliphatic heterocycles. The van der Waals surface area contributed by atoms with Gasteiger partial charge in [0.25, 0.3) is 0 Å². The molecule has 3 nitrogen and oxygen atoms in total. The average Bonchev–Trinajstić information content (AvgIpc) is 2.11. The van der Waals surface area contributed by atoms with E-state index >= 15 is 0 Å². The molecule has 1 aliphatic carbocycles. The molecule has 0 unspecified atom stereocenters. The van der Waals surface area contributed by atoms with Crippen molar-refractivity contribution in [3.63, 3.8) is 0 Å². The standard InChI is InChI=1S/C12H22O3/c1-8-5-6-11(14)12(3,4)10(8)7-15-9(2)13/h8,10-11,14H,5-7H2,1-4H3/t8-,10-,11-/m0/s1. The molecule has 1 fully saturated rings. The van der Waals surface area contributed by atoms with Crippen LogP contribution in [0.3, 0.4) is 0 Å². The lowest BCUT2D eigenvalue weighted by molar-refractivity contribution is -0.148. The van der Waals surface area contributed by atoms with Crippen LogP contribution in [0, 0.1) is 17.3 Å². The number of ether oxygens (including phenoxy) is 1. The Morgan fingerprint density at radius 2 is 2.07 bits per heavy atom. The highest BCUT2D eigenvalue weighted by atomic mass is 16.5. The number of aliphatic hydroxyl groups excluding tert-OH is 1. The Balaban J connectivity index is 2.67. The van der Waals surface area contributed by atoms with Crippen molar-refractivity contribution >= 4 is 5.97 Å². The summed E-state index contributed by atoms with van der Waals surface area (Å²) in [6.07, 6.45) is 1.58. The molecule has 0 radical (unpaired) electrons. The molecular formula is C12H22O3. The molecule has 0 spiro atoms. The Bertz CT molecular complexity index is 235. The largest absolute Gasteiger partial charge is 0.466 e. The van der Waals surface area contributed by atoms with Gasteiger partial charge in [-0.3, -0.25) is 4.79 Å². The predicted molar refractivity (Wildman–Crippen MR) is 58.3 cm³/mol. The van der Waals surface area contributed by atoms with Crippen LogP contribution in [0.25, 0.3) is 0 Å². The predicted octanol–water partition coefficient (Wildman–Crippen LogP) is 1.98. The lowest BCUT2D eigenvalue weighted by Gasteiger charge is -2.45. The summed E-state index contributed by atoms with van der Waals surface area (Å²) in [5.74, 6) is 0.519. The number of carbonyl (C=O) groups is 1. The lowest BCUT2D eigenvalue weighted by atomic mass is 9.63. The number of carbonyl (C=O) groups excluding carboxylic acids is 1. The third kappa shape index (κ3) is 2.71. The first-order valence-electron chi connectivity index (χ1n) is 5.67. The Hall–Kier alpha value is -0.570. The van der Waals surface area contributed by atoms with Gasteiger partial charge in [-0.1, -0.05) is 20.8 Å². The van der Waals surface area contributed by atoms with Crippen LogP contribution in [0.4, 0.5) is 0 Å². The van der Waals surface area contributed by atoms with Gasteiger partial charge in [0, 0.05) is 12.8 Å². The summed E-state index contributed by atoms with van der Waals surface area (Å²) in [4.78, 5) is 10.8. The molecule has 0 aromatic rings. The van der Waals surface area contributed by atoms with Crippen molar-refractivity contribution in [1.82, 2.24) is 0 Å². The Labute approximate surface area is 91.8 Å². The SMILES string of the molecule is CC(=O)OC[C@H]1[C@@H](C)CC[C@H](O)C1(C)C. The normalized spacial score (nSPS) is 34.9. The van der Waals surface area contributed by atoms with E-state index in [9.17, 15) is 9.90 Å². The molecule has 0 bridgehead atoms. The van der Waals surface area contributed by atoms with Crippen LogP contribution in [0.5, 0.6) is 0 Å². The van der Waals surface area contributed by atoms with Crippen molar-refractivity contribution in [2.75, 3.05) is 6.61 Å². The summed E-state index contributed by atoms with van der Waals surface area (Å²) in [6.45, 7) is 8.14. The van der Waals surface area contributed by atoms with Crippen LogP contribution in [0.2, 0.25) is 0 Å². The van der Waals surface area contributed by atoms with Crippen LogP contribution in [0.15, 0.2) is 0 Å². The van der Waals surface area contributed by atoms with Crippen molar-refractivity contribution in [2.24, 2.45) is 17.3 Å². The van der Waals surface area contributed by atoms with Crippen LogP contribution in [0.1, 0.15) is 40.5 Å². The molecule has 3 atom stereocenters. The minimum Gasteiger partial charge on any atom is -0.466 e. The summed E-state index contributed by atoms with van der Waals surface area (Å²) in [5, 5.41) is 9.95. The molecule has 0 saturated heterocycles. The summed E-state index contributed by atoms with van der Waals surface area (Å²) >= 11 is 0. The Kier molecular flexibility index (Phi) is 3.77. The van der Waals surface area contributed by atoms with Gasteiger partial charge in [-0.2, -0.15) is 0 Å². The van der Waals surface area contributed by atoms with Gasteiger partial charge in [0.2, 0.25) is 0 Å². The van der Waals surface area contributed by atoms with E-state index in [4.69, 9.17) is 4.74 Å². The highest BCUT2D eigenvalue weighted by Crippen LogP contribution is 2.44. The minimum absolute atomic E-state index is 0.160. The number of rotatable bonds is 2. The quantitative estimate of drug-likeness (QED) is 0.715. The number of hydrogen-bond donors (Lipinski definition) is 1. The van der Waals surface area contributed by atoms with E-state index in [1.807, 2.05) is 0 Å². The number of aliphatic hydroxyl groups is 1. The average molecular weight is 214 g/mol. The fourth-order valence-corrected chi connectivity index (χ4v) is 2.56. The van der Waals surface area contributed by atoms with Gasteiger partial charge in [0.1, 0.15) is 0 Å². The molecule has 1 rings (SSSR count). The van der Waals surface area contributed by atoms with Gasteiger partial charge in [-0.05, 0) is 24.2 Å². The van der Waals surface area contributed by atoms with E-state index in [2.05, 4.69) is 20.8 Å². The van der Waals surface area contributed by atoms with E-state index in [0.717, 1.165) is 12.8 Å². The zero-order chi connectivity index (χ0) is 11.6. The number of esters is 1. The highest BCUT2D eigenvalue weighted by Gasteiger charge is 2.43. The Morgan fingerprint density at radius 1 is 1.47 bits per heavy atom. The molecule has 1 saturated carbocycles. The molecule has 3 heteroatoms. The third-order valence-corrected chi connectivity index (χ3v) is 3.86. The second kappa shape index (κ2) is 4.52. The first-order valence-corrected chi connectivity index (χ1v) is 5.67. The highest BCUT2D eigenvalue weighted by molar-refractivity contribution is 5.65. The first kappa shape index (κ1) is 12.5. The van der Waals surface area contributed by atoms with Crippen LogP contribution in [-0.4, -0.2) is 23.8 Å². The molecule has 0 aromatic heterocycles. The van der Waals surface area contributed by atoms with E-state index in [-0.39, 0.29) is 23.4 Å². The minimum atomic E-state index is -0.283. The molecule has 1 N–H and O–H groups in total. The van der Waals surface area contributed by atoms with Crippen LogP contribution < -0.4 is 0 Å². The zero-order valence-corrected chi connectivity index (χ0v) is 10.1. The van der Waals surface area contributed by atoms with Gasteiger partial charge < -0.3 is 9.84 Å². The summed E-state index contributed by atoms with van der Waals surface area (Å²) in [7, 11) is 0. The molecule has 0 aromatic carbocycles. The molecule has 15 heavy (non-hydrogen) atoms. The van der Waals surface area contributed by atoms with Gasteiger partial charge in [0.15, 0.2) is 0 Å². The lowest BCUT2D eigenvalue weighted by Crippen LogP contribution is -2.46. The van der Waals surface area contributed by atoms with Crippen molar-refractivity contribution in [2.45, 2.75) is 46.6 Å². The fourth-order valence-electron chi connectivity index (χ4n) is 2.56. The third-order valence-electron chi connectivity index (χ3n) is 3.86. The smallest absolute Gasteiger partial charge is 0.302 e. The van der Waals surface area contributed by atoms with Gasteiger partial charge in [0.05, 0.1) is 12.7 Å². The van der Waals surface area contributed by atoms with Crippen molar-refractivity contribution in [3.8, 4) is 0 Å². The van der Waals surface area contributed by atoms with Crippen molar-refractivity contribution in [1.29, 1.82) is 0 Å². The van der Waals surface area contributed by atoms with Gasteiger partial charge in [-0.15, -0.1) is 0 Å². The summed E-state index contributed by atoms with van der Waals surface area (Å²) in [5.41, 5.74) is -0.160. The topological polar surface area (TPSA) is 46.5 Å². The molecule has 0 heterocycles. The van der Waals surface area contributed by atoms with Crippen molar-refractivity contribution in [3.05, 3.63) is 0 Å². The first-order chi connectivity index (χ1) is 6.85. The van der Waals surface area contributed by atoms with Crippen LogP contribution in [-0.2, 0) is 9.53 Å².